The average molecular weight is 465 g/mol. The lowest BCUT2D eigenvalue weighted by Crippen LogP contribution is -2.17. The fourth-order valence-corrected chi connectivity index (χ4v) is 3.79. The molecule has 2 N–H and O–H groups in total. The number of aromatic amines is 1. The fourth-order valence-electron chi connectivity index (χ4n) is 3.79. The number of aromatic nitrogens is 5. The molecule has 8 heteroatoms. The molecular formula is C27H24N6O2. The zero-order valence-electron chi connectivity index (χ0n) is 19.4. The number of amides is 1. The minimum atomic E-state index is -0.213. The number of aryl methyl sites for hydroxylation is 2. The van der Waals surface area contributed by atoms with Crippen molar-refractivity contribution < 1.29 is 9.53 Å². The van der Waals surface area contributed by atoms with Gasteiger partial charge in [-0.2, -0.15) is 10.2 Å². The maximum atomic E-state index is 12.7. The first kappa shape index (κ1) is 22.1. The van der Waals surface area contributed by atoms with E-state index in [1.807, 2.05) is 80.6 Å². The van der Waals surface area contributed by atoms with Gasteiger partial charge in [0.05, 0.1) is 22.6 Å². The van der Waals surface area contributed by atoms with E-state index in [-0.39, 0.29) is 5.91 Å². The van der Waals surface area contributed by atoms with Crippen molar-refractivity contribution in [1.82, 2.24) is 25.0 Å². The van der Waals surface area contributed by atoms with Crippen molar-refractivity contribution in [3.8, 4) is 11.5 Å². The quantitative estimate of drug-likeness (QED) is 0.322. The predicted molar refractivity (Wildman–Crippen MR) is 136 cm³/mol. The number of ether oxygens (including phenoxy) is 1. The van der Waals surface area contributed by atoms with Crippen LogP contribution < -0.4 is 10.1 Å². The molecule has 0 unspecified atom stereocenters. The number of pyridine rings is 1. The van der Waals surface area contributed by atoms with E-state index in [4.69, 9.17) is 4.74 Å². The molecule has 1 amide bonds. The van der Waals surface area contributed by atoms with Gasteiger partial charge in [0.15, 0.2) is 0 Å². The molecule has 5 aromatic rings. The molecule has 0 aliphatic rings. The van der Waals surface area contributed by atoms with Gasteiger partial charge in [0.2, 0.25) is 0 Å². The smallest absolute Gasteiger partial charge is 0.273 e. The number of nitrogens with zero attached hydrogens (tertiary/aromatic N) is 4. The minimum absolute atomic E-state index is 0.213. The molecule has 35 heavy (non-hydrogen) atoms. The van der Waals surface area contributed by atoms with Gasteiger partial charge in [0.25, 0.3) is 5.91 Å². The van der Waals surface area contributed by atoms with Crippen LogP contribution in [0.3, 0.4) is 0 Å². The van der Waals surface area contributed by atoms with E-state index in [1.165, 1.54) is 0 Å². The lowest BCUT2D eigenvalue weighted by atomic mass is 10.2. The highest BCUT2D eigenvalue weighted by Crippen LogP contribution is 2.28. The first-order valence-corrected chi connectivity index (χ1v) is 11.3. The summed E-state index contributed by atoms with van der Waals surface area (Å²) in [7, 11) is 0. The lowest BCUT2D eigenvalue weighted by molar-refractivity contribution is 0.101. The summed E-state index contributed by atoms with van der Waals surface area (Å²) in [5, 5.41) is 15.7. The molecule has 0 saturated carbocycles. The number of carbonyl (C=O) groups is 1. The van der Waals surface area contributed by atoms with Crippen LogP contribution in [0, 0.1) is 6.92 Å². The van der Waals surface area contributed by atoms with Gasteiger partial charge in [-0.3, -0.25) is 19.6 Å². The van der Waals surface area contributed by atoms with Crippen LogP contribution in [-0.2, 0) is 6.54 Å². The largest absolute Gasteiger partial charge is 0.457 e. The van der Waals surface area contributed by atoms with Gasteiger partial charge in [0.1, 0.15) is 17.2 Å². The summed E-state index contributed by atoms with van der Waals surface area (Å²) in [5.74, 6) is 1.05. The highest BCUT2D eigenvalue weighted by molar-refractivity contribution is 6.03. The molecular weight excluding hydrogens is 440 g/mol. The van der Waals surface area contributed by atoms with E-state index in [9.17, 15) is 4.79 Å². The number of anilines is 1. The van der Waals surface area contributed by atoms with Crippen molar-refractivity contribution in [3.05, 3.63) is 95.7 Å². The molecule has 3 aromatic heterocycles. The third-order valence-corrected chi connectivity index (χ3v) is 5.43. The summed E-state index contributed by atoms with van der Waals surface area (Å²) in [6.45, 7) is 4.44. The van der Waals surface area contributed by atoms with Gasteiger partial charge in [-0.05, 0) is 68.5 Å². The third kappa shape index (κ3) is 4.96. The van der Waals surface area contributed by atoms with E-state index >= 15 is 0 Å². The van der Waals surface area contributed by atoms with Gasteiger partial charge < -0.3 is 10.1 Å². The Morgan fingerprint density at radius 2 is 1.94 bits per heavy atom. The Bertz CT molecular complexity index is 1520. The molecule has 8 nitrogen and oxygen atoms in total. The van der Waals surface area contributed by atoms with Crippen LogP contribution in [-0.4, -0.2) is 30.9 Å². The molecule has 0 radical (unpaired) electrons. The van der Waals surface area contributed by atoms with E-state index in [0.29, 0.717) is 29.4 Å². The Morgan fingerprint density at radius 3 is 2.77 bits per heavy atom. The van der Waals surface area contributed by atoms with E-state index < -0.39 is 0 Å². The summed E-state index contributed by atoms with van der Waals surface area (Å²) < 4.78 is 7.74. The minimum Gasteiger partial charge on any atom is -0.457 e. The fraction of sp³-hybridized carbons (Fsp3) is 0.111. The zero-order chi connectivity index (χ0) is 24.2. The number of nitrogens with one attached hydrogen (secondary N) is 2. The Balaban J connectivity index is 1.31. The van der Waals surface area contributed by atoms with Crippen LogP contribution in [0.2, 0.25) is 0 Å². The van der Waals surface area contributed by atoms with Crippen molar-refractivity contribution in [2.45, 2.75) is 20.4 Å². The highest BCUT2D eigenvalue weighted by Gasteiger charge is 2.14. The van der Waals surface area contributed by atoms with Crippen molar-refractivity contribution in [2.75, 3.05) is 5.32 Å². The predicted octanol–water partition coefficient (Wildman–Crippen LogP) is 5.70. The second-order valence-electron chi connectivity index (χ2n) is 7.97. The normalized spacial score (nSPS) is 11.3. The topological polar surface area (TPSA) is 97.7 Å². The Kier molecular flexibility index (Phi) is 6.09. The van der Waals surface area contributed by atoms with Crippen molar-refractivity contribution >= 4 is 34.6 Å². The lowest BCUT2D eigenvalue weighted by Gasteiger charge is -2.10. The molecule has 174 valence electrons. The summed E-state index contributed by atoms with van der Waals surface area (Å²) in [5.41, 5.74) is 4.51. The van der Waals surface area contributed by atoms with E-state index in [0.717, 1.165) is 28.0 Å². The molecule has 0 saturated heterocycles. The molecule has 0 aliphatic heterocycles. The van der Waals surface area contributed by atoms with E-state index in [2.05, 4.69) is 25.6 Å². The average Bonchev–Trinajstić information content (AvgIpc) is 3.46. The number of benzene rings is 2. The van der Waals surface area contributed by atoms with Crippen molar-refractivity contribution in [3.63, 3.8) is 0 Å². The van der Waals surface area contributed by atoms with Crippen LogP contribution in [0.15, 0.2) is 72.9 Å². The number of H-pyrrole nitrogens is 1. The Morgan fingerprint density at radius 1 is 1.06 bits per heavy atom. The number of fused-ring (bicyclic) bond motifs is 1. The molecule has 0 fully saturated rings. The van der Waals surface area contributed by atoms with Gasteiger partial charge in [0, 0.05) is 35.9 Å². The Labute approximate surface area is 202 Å². The zero-order valence-corrected chi connectivity index (χ0v) is 19.4. The molecule has 0 spiro atoms. The van der Waals surface area contributed by atoms with Crippen LogP contribution in [0.4, 0.5) is 5.69 Å². The number of carbonyl (C=O) groups excluding carboxylic acids is 1. The second kappa shape index (κ2) is 9.64. The summed E-state index contributed by atoms with van der Waals surface area (Å²) in [4.78, 5) is 17.0. The summed E-state index contributed by atoms with van der Waals surface area (Å²) in [6, 6.07) is 20.6. The number of hydrogen-bond donors (Lipinski definition) is 2. The summed E-state index contributed by atoms with van der Waals surface area (Å²) >= 11 is 0. The van der Waals surface area contributed by atoms with Crippen molar-refractivity contribution in [2.24, 2.45) is 0 Å². The number of rotatable bonds is 7. The van der Waals surface area contributed by atoms with Gasteiger partial charge in [-0.15, -0.1) is 0 Å². The monoisotopic (exact) mass is 464 g/mol. The van der Waals surface area contributed by atoms with Crippen LogP contribution in [0.25, 0.3) is 23.1 Å². The third-order valence-electron chi connectivity index (χ3n) is 5.43. The first-order chi connectivity index (χ1) is 17.1. The standard InChI is InChI=1S/C27H24N6O2/c1-3-33-26(15-18(2)32-33)27(34)29-20-8-6-9-21(16-20)35-22-11-12-23-24(30-31-25(23)17-22)13-10-19-7-4-5-14-28-19/h4-17H,3H2,1-2H3,(H,29,34)(H,30,31)/b13-10+. The number of hydrogen-bond acceptors (Lipinski definition) is 5. The second-order valence-corrected chi connectivity index (χ2v) is 7.97. The maximum Gasteiger partial charge on any atom is 0.273 e. The molecule has 0 aliphatic carbocycles. The molecule has 3 heterocycles. The summed E-state index contributed by atoms with van der Waals surface area (Å²) in [6.07, 6.45) is 5.61. The SMILES string of the molecule is CCn1nc(C)cc1C(=O)Nc1cccc(Oc2ccc3c(/C=C/c4ccccn4)n[nH]c3c2)c1. The van der Waals surface area contributed by atoms with Crippen LogP contribution in [0.5, 0.6) is 11.5 Å². The van der Waals surface area contributed by atoms with Crippen LogP contribution in [0.1, 0.15) is 34.5 Å². The van der Waals surface area contributed by atoms with E-state index in [1.54, 1.807) is 23.0 Å². The highest BCUT2D eigenvalue weighted by atomic mass is 16.5. The van der Waals surface area contributed by atoms with Crippen molar-refractivity contribution in [1.29, 1.82) is 0 Å². The van der Waals surface area contributed by atoms with Gasteiger partial charge >= 0.3 is 0 Å². The van der Waals surface area contributed by atoms with Crippen LogP contribution >= 0.6 is 0 Å². The molecule has 5 rings (SSSR count). The Hall–Kier alpha value is -4.72. The molecule has 2 aromatic carbocycles. The van der Waals surface area contributed by atoms with Gasteiger partial charge in [-0.1, -0.05) is 12.1 Å². The van der Waals surface area contributed by atoms with Gasteiger partial charge in [-0.25, -0.2) is 0 Å². The first-order valence-electron chi connectivity index (χ1n) is 11.3. The maximum absolute atomic E-state index is 12.7. The molecule has 0 bridgehead atoms. The molecule has 0 atom stereocenters.